The van der Waals surface area contributed by atoms with Crippen LogP contribution in [0.25, 0.3) is 0 Å². The van der Waals surface area contributed by atoms with Crippen LogP contribution in [0.3, 0.4) is 0 Å². The predicted molar refractivity (Wildman–Crippen MR) is 37.8 cm³/mol. The summed E-state index contributed by atoms with van der Waals surface area (Å²) in [5, 5.41) is 0. The standard InChI is InChI=1S/C5H13NO3S/c1-3-4-9-5(2)6-10(7)8/h5-6H,3-4H2,1-2H3,(H,7,8)/p-1. The highest BCUT2D eigenvalue weighted by atomic mass is 32.2. The molecule has 0 radical (unpaired) electrons. The highest BCUT2D eigenvalue weighted by Gasteiger charge is 1.97. The van der Waals surface area contributed by atoms with Crippen LogP contribution in [-0.2, 0) is 16.0 Å². The Morgan fingerprint density at radius 2 is 2.40 bits per heavy atom. The molecular weight excluding hydrogens is 154 g/mol. The van der Waals surface area contributed by atoms with E-state index in [0.29, 0.717) is 6.61 Å². The molecule has 0 saturated carbocycles. The molecule has 2 unspecified atom stereocenters. The van der Waals surface area contributed by atoms with E-state index in [-0.39, 0.29) is 0 Å². The molecule has 0 aliphatic rings. The molecule has 0 aromatic heterocycles. The van der Waals surface area contributed by atoms with E-state index >= 15 is 0 Å². The van der Waals surface area contributed by atoms with Crippen molar-refractivity contribution in [2.45, 2.75) is 26.5 Å². The fourth-order valence-corrected chi connectivity index (χ4v) is 0.803. The van der Waals surface area contributed by atoms with Gasteiger partial charge in [-0.3, -0.25) is 4.21 Å². The van der Waals surface area contributed by atoms with Crippen LogP contribution in [-0.4, -0.2) is 21.6 Å². The second kappa shape index (κ2) is 5.79. The quantitative estimate of drug-likeness (QED) is 0.467. The van der Waals surface area contributed by atoms with Gasteiger partial charge in [-0.15, -0.1) is 0 Å². The summed E-state index contributed by atoms with van der Waals surface area (Å²) in [6.07, 6.45) is 0.468. The van der Waals surface area contributed by atoms with E-state index in [9.17, 15) is 8.76 Å². The van der Waals surface area contributed by atoms with Gasteiger partial charge in [0.2, 0.25) is 0 Å². The molecule has 0 aromatic rings. The molecule has 0 amide bonds. The highest BCUT2D eigenvalue weighted by Crippen LogP contribution is 1.87. The second-order valence-electron chi connectivity index (χ2n) is 1.87. The second-order valence-corrected chi connectivity index (χ2v) is 2.57. The van der Waals surface area contributed by atoms with E-state index in [1.807, 2.05) is 6.92 Å². The molecule has 10 heavy (non-hydrogen) atoms. The summed E-state index contributed by atoms with van der Waals surface area (Å²) in [6, 6.07) is 0. The Balaban J connectivity index is 3.25. The van der Waals surface area contributed by atoms with Crippen LogP contribution in [0.15, 0.2) is 0 Å². The number of nitrogens with one attached hydrogen (secondary N) is 1. The van der Waals surface area contributed by atoms with Crippen molar-refractivity contribution in [1.82, 2.24) is 4.72 Å². The van der Waals surface area contributed by atoms with Crippen LogP contribution in [0.1, 0.15) is 20.3 Å². The fraction of sp³-hybridized carbons (Fsp3) is 1.00. The summed E-state index contributed by atoms with van der Waals surface area (Å²) in [6.45, 7) is 4.18. The normalized spacial score (nSPS) is 16.7. The average molecular weight is 166 g/mol. The van der Waals surface area contributed by atoms with Crippen molar-refractivity contribution >= 4 is 11.3 Å². The Morgan fingerprint density at radius 1 is 1.80 bits per heavy atom. The lowest BCUT2D eigenvalue weighted by Crippen LogP contribution is -2.30. The molecule has 62 valence electrons. The van der Waals surface area contributed by atoms with Crippen molar-refractivity contribution in [2.75, 3.05) is 6.61 Å². The summed E-state index contributed by atoms with van der Waals surface area (Å²) in [5.41, 5.74) is 0. The van der Waals surface area contributed by atoms with E-state index in [0.717, 1.165) is 6.42 Å². The molecule has 0 heterocycles. The highest BCUT2D eigenvalue weighted by molar-refractivity contribution is 7.77. The maximum Gasteiger partial charge on any atom is 0.115 e. The Labute approximate surface area is 63.4 Å². The zero-order valence-electron chi connectivity index (χ0n) is 6.12. The minimum Gasteiger partial charge on any atom is -0.760 e. The van der Waals surface area contributed by atoms with Crippen LogP contribution in [0.2, 0.25) is 0 Å². The van der Waals surface area contributed by atoms with Gasteiger partial charge in [0.25, 0.3) is 0 Å². The first kappa shape index (κ1) is 10.0. The summed E-state index contributed by atoms with van der Waals surface area (Å²) >= 11 is -2.22. The molecule has 0 fully saturated rings. The molecule has 0 aliphatic carbocycles. The van der Waals surface area contributed by atoms with Crippen LogP contribution >= 0.6 is 0 Å². The molecule has 0 bridgehead atoms. The van der Waals surface area contributed by atoms with E-state index in [2.05, 4.69) is 4.72 Å². The molecule has 0 saturated heterocycles. The monoisotopic (exact) mass is 166 g/mol. The SMILES string of the molecule is CCCOC(C)NS(=O)[O-]. The van der Waals surface area contributed by atoms with Gasteiger partial charge < -0.3 is 9.29 Å². The van der Waals surface area contributed by atoms with Gasteiger partial charge in [0.1, 0.15) is 6.23 Å². The number of hydrogen-bond donors (Lipinski definition) is 1. The maximum absolute atomic E-state index is 9.98. The van der Waals surface area contributed by atoms with Gasteiger partial charge in [0.05, 0.1) is 0 Å². The van der Waals surface area contributed by atoms with Gasteiger partial charge in [-0.1, -0.05) is 6.92 Å². The van der Waals surface area contributed by atoms with Gasteiger partial charge in [-0.25, -0.2) is 4.72 Å². The van der Waals surface area contributed by atoms with Gasteiger partial charge in [0, 0.05) is 17.9 Å². The molecule has 4 nitrogen and oxygen atoms in total. The average Bonchev–Trinajstić information content (AvgIpc) is 1.82. The Morgan fingerprint density at radius 3 is 2.80 bits per heavy atom. The molecule has 2 atom stereocenters. The zero-order chi connectivity index (χ0) is 7.98. The van der Waals surface area contributed by atoms with Crippen molar-refractivity contribution in [3.63, 3.8) is 0 Å². The van der Waals surface area contributed by atoms with Crippen molar-refractivity contribution in [3.8, 4) is 0 Å². The van der Waals surface area contributed by atoms with Gasteiger partial charge in [-0.2, -0.15) is 0 Å². The van der Waals surface area contributed by atoms with E-state index in [1.165, 1.54) is 0 Å². The van der Waals surface area contributed by atoms with Crippen molar-refractivity contribution < 1.29 is 13.5 Å². The maximum atomic E-state index is 9.98. The van der Waals surface area contributed by atoms with E-state index in [4.69, 9.17) is 4.74 Å². The van der Waals surface area contributed by atoms with Crippen LogP contribution in [0.5, 0.6) is 0 Å². The van der Waals surface area contributed by atoms with Crippen LogP contribution in [0.4, 0.5) is 0 Å². The molecule has 0 spiro atoms. The summed E-state index contributed by atoms with van der Waals surface area (Å²) < 4.78 is 27.1. The molecule has 5 heteroatoms. The van der Waals surface area contributed by atoms with E-state index in [1.54, 1.807) is 6.92 Å². The Hall–Kier alpha value is 0.0300. The minimum atomic E-state index is -2.22. The zero-order valence-corrected chi connectivity index (χ0v) is 6.94. The first-order valence-corrected chi connectivity index (χ1v) is 4.21. The summed E-state index contributed by atoms with van der Waals surface area (Å²) in [5.74, 6) is 0. The summed E-state index contributed by atoms with van der Waals surface area (Å²) in [7, 11) is 0. The topological polar surface area (TPSA) is 61.4 Å². The predicted octanol–water partition coefficient (Wildman–Crippen LogP) is 0.143. The lowest BCUT2D eigenvalue weighted by Gasteiger charge is -2.15. The summed E-state index contributed by atoms with van der Waals surface area (Å²) in [4.78, 5) is 0. The molecule has 1 N–H and O–H groups in total. The minimum absolute atomic E-state index is 0.418. The lowest BCUT2D eigenvalue weighted by molar-refractivity contribution is 0.0589. The van der Waals surface area contributed by atoms with Crippen molar-refractivity contribution in [3.05, 3.63) is 0 Å². The van der Waals surface area contributed by atoms with Crippen LogP contribution < -0.4 is 4.72 Å². The van der Waals surface area contributed by atoms with Gasteiger partial charge >= 0.3 is 0 Å². The first-order valence-electron chi connectivity index (χ1n) is 3.13. The Bertz CT molecular complexity index is 109. The molecular formula is C5H12NO3S-. The molecule has 0 aliphatic heterocycles. The van der Waals surface area contributed by atoms with Gasteiger partial charge in [0.15, 0.2) is 0 Å². The third-order valence-corrected chi connectivity index (χ3v) is 1.36. The molecule has 0 aromatic carbocycles. The van der Waals surface area contributed by atoms with Crippen molar-refractivity contribution in [1.29, 1.82) is 0 Å². The smallest absolute Gasteiger partial charge is 0.115 e. The van der Waals surface area contributed by atoms with Crippen LogP contribution in [0, 0.1) is 0 Å². The van der Waals surface area contributed by atoms with Crippen molar-refractivity contribution in [2.24, 2.45) is 0 Å². The number of rotatable bonds is 5. The Kier molecular flexibility index (Phi) is 5.81. The largest absolute Gasteiger partial charge is 0.760 e. The first-order chi connectivity index (χ1) is 4.66. The van der Waals surface area contributed by atoms with E-state index < -0.39 is 17.5 Å². The fourth-order valence-electron chi connectivity index (χ4n) is 0.464. The molecule has 0 rings (SSSR count). The number of hydrogen-bond acceptors (Lipinski definition) is 3. The lowest BCUT2D eigenvalue weighted by atomic mass is 10.5. The third kappa shape index (κ3) is 6.15. The third-order valence-electron chi connectivity index (χ3n) is 0.834. The number of ether oxygens (including phenoxy) is 1. The van der Waals surface area contributed by atoms with Gasteiger partial charge in [-0.05, 0) is 13.3 Å².